The van der Waals surface area contributed by atoms with E-state index in [9.17, 15) is 0 Å². The molecule has 2 aromatic rings. The third-order valence-electron chi connectivity index (χ3n) is 2.82. The van der Waals surface area contributed by atoms with Gasteiger partial charge in [-0.15, -0.1) is 0 Å². The zero-order valence-corrected chi connectivity index (χ0v) is 10.3. The largest absolute Gasteiger partial charge is 0.383 e. The molecule has 0 spiro atoms. The predicted molar refractivity (Wildman–Crippen MR) is 71.3 cm³/mol. The number of methoxy groups -OCH3 is 1. The van der Waals surface area contributed by atoms with Gasteiger partial charge in [-0.3, -0.25) is 4.98 Å². The Balaban J connectivity index is 2.18. The van der Waals surface area contributed by atoms with Crippen LogP contribution in [-0.4, -0.2) is 24.7 Å². The average Bonchev–Trinajstić information content (AvgIpc) is 2.38. The van der Waals surface area contributed by atoms with Crippen LogP contribution in [0.1, 0.15) is 13.3 Å². The first-order valence-electron chi connectivity index (χ1n) is 5.93. The maximum atomic E-state index is 5.17. The molecule has 0 bridgehead atoms. The number of nitrogens with zero attached hydrogens (tertiary/aromatic N) is 1. The van der Waals surface area contributed by atoms with Crippen molar-refractivity contribution in [1.29, 1.82) is 0 Å². The third kappa shape index (κ3) is 2.94. The highest BCUT2D eigenvalue weighted by molar-refractivity contribution is 5.81. The van der Waals surface area contributed by atoms with Crippen molar-refractivity contribution >= 4 is 16.6 Å². The molecular weight excluding hydrogens is 212 g/mol. The molecule has 2 rings (SSSR count). The van der Waals surface area contributed by atoms with Gasteiger partial charge in [0.05, 0.1) is 24.0 Å². The fourth-order valence-corrected chi connectivity index (χ4v) is 1.85. The number of hydrogen-bond donors (Lipinski definition) is 1. The molecule has 90 valence electrons. The fraction of sp³-hybridized carbons (Fsp3) is 0.357. The van der Waals surface area contributed by atoms with Crippen LogP contribution in [0, 0.1) is 0 Å². The Kier molecular flexibility index (Phi) is 3.94. The quantitative estimate of drug-likeness (QED) is 0.857. The summed E-state index contributed by atoms with van der Waals surface area (Å²) in [6.45, 7) is 2.86. The van der Waals surface area contributed by atoms with E-state index in [0.717, 1.165) is 23.0 Å². The van der Waals surface area contributed by atoms with Gasteiger partial charge in [-0.1, -0.05) is 25.1 Å². The smallest absolute Gasteiger partial charge is 0.0703 e. The lowest BCUT2D eigenvalue weighted by Crippen LogP contribution is -2.23. The van der Waals surface area contributed by atoms with Crippen LogP contribution < -0.4 is 5.32 Å². The number of rotatable bonds is 5. The van der Waals surface area contributed by atoms with Crippen LogP contribution in [0.15, 0.2) is 36.5 Å². The molecule has 1 atom stereocenters. The predicted octanol–water partition coefficient (Wildman–Crippen LogP) is 3.07. The number of ether oxygens (including phenoxy) is 1. The first-order chi connectivity index (χ1) is 8.33. The van der Waals surface area contributed by atoms with Crippen molar-refractivity contribution in [2.75, 3.05) is 19.0 Å². The summed E-state index contributed by atoms with van der Waals surface area (Å²) in [4.78, 5) is 4.43. The summed E-state index contributed by atoms with van der Waals surface area (Å²) in [5.74, 6) is 0. The van der Waals surface area contributed by atoms with Gasteiger partial charge in [0.25, 0.3) is 0 Å². The van der Waals surface area contributed by atoms with Crippen LogP contribution in [0.4, 0.5) is 5.69 Å². The number of benzene rings is 1. The molecule has 1 heterocycles. The van der Waals surface area contributed by atoms with Gasteiger partial charge in [-0.2, -0.15) is 0 Å². The molecule has 3 heteroatoms. The van der Waals surface area contributed by atoms with Crippen molar-refractivity contribution in [3.8, 4) is 0 Å². The second kappa shape index (κ2) is 5.64. The van der Waals surface area contributed by atoms with E-state index in [1.54, 1.807) is 7.11 Å². The molecule has 1 aromatic heterocycles. The van der Waals surface area contributed by atoms with Crippen LogP contribution in [0.5, 0.6) is 0 Å². The summed E-state index contributed by atoms with van der Waals surface area (Å²) in [6.07, 6.45) is 2.90. The lowest BCUT2D eigenvalue weighted by molar-refractivity contribution is 0.184. The first-order valence-corrected chi connectivity index (χ1v) is 5.93. The summed E-state index contributed by atoms with van der Waals surface area (Å²) in [5, 5.41) is 4.59. The lowest BCUT2D eigenvalue weighted by Gasteiger charge is -2.17. The van der Waals surface area contributed by atoms with E-state index in [4.69, 9.17) is 4.74 Å². The zero-order chi connectivity index (χ0) is 12.1. The highest BCUT2D eigenvalue weighted by Crippen LogP contribution is 2.17. The SMILES string of the molecule is CCC(COC)Nc1cnc2ccccc2c1. The third-order valence-corrected chi connectivity index (χ3v) is 2.82. The van der Waals surface area contributed by atoms with Crippen molar-refractivity contribution in [1.82, 2.24) is 4.98 Å². The average molecular weight is 230 g/mol. The minimum absolute atomic E-state index is 0.336. The van der Waals surface area contributed by atoms with Gasteiger partial charge in [-0.25, -0.2) is 0 Å². The maximum absolute atomic E-state index is 5.17. The minimum Gasteiger partial charge on any atom is -0.383 e. The number of anilines is 1. The van der Waals surface area contributed by atoms with Crippen molar-refractivity contribution in [3.05, 3.63) is 36.5 Å². The van der Waals surface area contributed by atoms with Crippen LogP contribution in [-0.2, 0) is 4.74 Å². The van der Waals surface area contributed by atoms with Crippen LogP contribution in [0.25, 0.3) is 10.9 Å². The van der Waals surface area contributed by atoms with Gasteiger partial charge in [0.15, 0.2) is 0 Å². The van der Waals surface area contributed by atoms with E-state index in [-0.39, 0.29) is 0 Å². The lowest BCUT2D eigenvalue weighted by atomic mass is 10.2. The summed E-state index contributed by atoms with van der Waals surface area (Å²) < 4.78 is 5.17. The fourth-order valence-electron chi connectivity index (χ4n) is 1.85. The molecule has 1 N–H and O–H groups in total. The second-order valence-electron chi connectivity index (χ2n) is 4.12. The summed E-state index contributed by atoms with van der Waals surface area (Å²) in [5.41, 5.74) is 2.07. The Morgan fingerprint density at radius 2 is 2.18 bits per heavy atom. The molecule has 0 amide bonds. The Morgan fingerprint density at radius 3 is 2.94 bits per heavy atom. The van der Waals surface area contributed by atoms with Crippen molar-refractivity contribution in [2.24, 2.45) is 0 Å². The molecule has 0 aliphatic carbocycles. The highest BCUT2D eigenvalue weighted by Gasteiger charge is 2.05. The molecule has 0 fully saturated rings. The second-order valence-corrected chi connectivity index (χ2v) is 4.12. The zero-order valence-electron chi connectivity index (χ0n) is 10.3. The van der Waals surface area contributed by atoms with E-state index >= 15 is 0 Å². The summed E-state index contributed by atoms with van der Waals surface area (Å²) in [6, 6.07) is 10.6. The number of pyridine rings is 1. The molecule has 1 aromatic carbocycles. The van der Waals surface area contributed by atoms with Crippen molar-refractivity contribution in [2.45, 2.75) is 19.4 Å². The van der Waals surface area contributed by atoms with Gasteiger partial charge >= 0.3 is 0 Å². The number of fused-ring (bicyclic) bond motifs is 1. The molecule has 0 saturated carbocycles. The maximum Gasteiger partial charge on any atom is 0.0703 e. The first kappa shape index (κ1) is 11.9. The number of nitrogens with one attached hydrogen (secondary N) is 1. The van der Waals surface area contributed by atoms with E-state index in [1.807, 2.05) is 24.4 Å². The minimum atomic E-state index is 0.336. The van der Waals surface area contributed by atoms with E-state index < -0.39 is 0 Å². The van der Waals surface area contributed by atoms with Crippen LogP contribution >= 0.6 is 0 Å². The number of para-hydroxylation sites is 1. The van der Waals surface area contributed by atoms with Gasteiger partial charge in [0.1, 0.15) is 0 Å². The highest BCUT2D eigenvalue weighted by atomic mass is 16.5. The van der Waals surface area contributed by atoms with Crippen molar-refractivity contribution < 1.29 is 4.74 Å². The molecular formula is C14H18N2O. The molecule has 17 heavy (non-hydrogen) atoms. The van der Waals surface area contributed by atoms with Gasteiger partial charge in [-0.05, 0) is 18.6 Å². The van der Waals surface area contributed by atoms with Crippen molar-refractivity contribution in [3.63, 3.8) is 0 Å². The van der Waals surface area contributed by atoms with Crippen LogP contribution in [0.2, 0.25) is 0 Å². The van der Waals surface area contributed by atoms with E-state index in [1.165, 1.54) is 0 Å². The topological polar surface area (TPSA) is 34.1 Å². The summed E-state index contributed by atoms with van der Waals surface area (Å²) >= 11 is 0. The van der Waals surface area contributed by atoms with E-state index in [0.29, 0.717) is 12.6 Å². The molecule has 1 unspecified atom stereocenters. The monoisotopic (exact) mass is 230 g/mol. The Labute approximate surface area is 102 Å². The standard InChI is InChI=1S/C14H18N2O/c1-3-12(10-17-2)16-13-8-11-6-4-5-7-14(11)15-9-13/h4-9,12,16H,3,10H2,1-2H3. The number of hydrogen-bond acceptors (Lipinski definition) is 3. The molecule has 0 aliphatic heterocycles. The van der Waals surface area contributed by atoms with E-state index in [2.05, 4.69) is 29.4 Å². The Bertz CT molecular complexity index is 484. The molecule has 0 saturated heterocycles. The van der Waals surface area contributed by atoms with Gasteiger partial charge < -0.3 is 10.1 Å². The Hall–Kier alpha value is -1.61. The molecule has 0 radical (unpaired) electrons. The van der Waals surface area contributed by atoms with Gasteiger partial charge in [0.2, 0.25) is 0 Å². The normalized spacial score (nSPS) is 12.6. The van der Waals surface area contributed by atoms with Crippen LogP contribution in [0.3, 0.4) is 0 Å². The molecule has 0 aliphatic rings. The summed E-state index contributed by atoms with van der Waals surface area (Å²) in [7, 11) is 1.73. The Morgan fingerprint density at radius 1 is 1.35 bits per heavy atom. The molecule has 3 nitrogen and oxygen atoms in total. The number of aromatic nitrogens is 1. The van der Waals surface area contributed by atoms with Gasteiger partial charge in [0, 0.05) is 18.5 Å².